The Balaban J connectivity index is 0.000000217. The molecule has 1 aromatic heterocycles. The van der Waals surface area contributed by atoms with Crippen LogP contribution in [-0.4, -0.2) is 32.1 Å². The highest BCUT2D eigenvalue weighted by molar-refractivity contribution is 6.06. The number of nitrogens with one attached hydrogen (secondary N) is 2. The third-order valence-electron chi connectivity index (χ3n) is 6.77. The van der Waals surface area contributed by atoms with Crippen LogP contribution >= 0.6 is 0 Å². The quantitative estimate of drug-likeness (QED) is 0.123. The van der Waals surface area contributed by atoms with Gasteiger partial charge in [-0.05, 0) is 121 Å². The molecule has 0 aliphatic carbocycles. The maximum absolute atomic E-state index is 8.34. The van der Waals surface area contributed by atoms with Crippen molar-refractivity contribution in [1.29, 1.82) is 5.26 Å². The first-order valence-corrected chi connectivity index (χ1v) is 14.9. The predicted molar refractivity (Wildman–Crippen MR) is 207 cm³/mol. The van der Waals surface area contributed by atoms with Crippen LogP contribution in [0.3, 0.4) is 0 Å². The molecule has 2 heterocycles. The van der Waals surface area contributed by atoms with Crippen LogP contribution in [0.5, 0.6) is 0 Å². The van der Waals surface area contributed by atoms with E-state index in [-0.39, 0.29) is 7.43 Å². The van der Waals surface area contributed by atoms with Gasteiger partial charge in [0.1, 0.15) is 0 Å². The second-order valence-electron chi connectivity index (χ2n) is 10.4. The van der Waals surface area contributed by atoms with Crippen molar-refractivity contribution in [3.63, 3.8) is 0 Å². The summed E-state index contributed by atoms with van der Waals surface area (Å²) in [5.74, 6) is 2.21. The minimum Gasteiger partial charge on any atom is -0.399 e. The number of nitriles is 1. The second-order valence-corrected chi connectivity index (χ2v) is 10.4. The number of hydrogen-bond acceptors (Lipinski definition) is 16. The zero-order chi connectivity index (χ0) is 36.6. The Hall–Kier alpha value is -7.93. The van der Waals surface area contributed by atoms with Gasteiger partial charge < -0.3 is 28.7 Å². The first kappa shape index (κ1) is 38.5. The SMILES string of the molecule is C.N#Cc1ccc(N)cc1.Nc1ccc(-c2nnc(-c3ccc(N)cc3)nn2)cc1.Nc1ccc(C2=NNC(c3ccc(N)cc3)=NN2)cc1.O=O. The Bertz CT molecular complexity index is 1970. The van der Waals surface area contributed by atoms with Crippen molar-refractivity contribution in [3.05, 3.63) is 148 Å². The molecule has 262 valence electrons. The Morgan fingerprint density at radius 1 is 0.423 bits per heavy atom. The van der Waals surface area contributed by atoms with Crippen molar-refractivity contribution >= 4 is 40.1 Å². The molecule has 6 aromatic rings. The molecule has 0 atom stereocenters. The molecule has 0 amide bonds. The van der Waals surface area contributed by atoms with Gasteiger partial charge in [-0.15, -0.1) is 20.4 Å². The molecule has 1 aliphatic heterocycles. The number of nitrogens with two attached hydrogens (primary N) is 5. The lowest BCUT2D eigenvalue weighted by Crippen LogP contribution is -2.34. The lowest BCUT2D eigenvalue weighted by atomic mass is 10.2. The average Bonchev–Trinajstić information content (AvgIpc) is 3.18. The van der Waals surface area contributed by atoms with E-state index in [4.69, 9.17) is 43.9 Å². The second kappa shape index (κ2) is 19.2. The molecule has 0 fully saturated rings. The number of hydrazone groups is 2. The molecule has 0 bridgehead atoms. The molecular formula is C36H36N14O2. The minimum absolute atomic E-state index is 0. The van der Waals surface area contributed by atoms with Crippen molar-refractivity contribution in [2.24, 2.45) is 10.2 Å². The number of aromatic nitrogens is 4. The van der Waals surface area contributed by atoms with E-state index in [1.165, 1.54) is 0 Å². The predicted octanol–water partition coefficient (Wildman–Crippen LogP) is 4.68. The standard InChI is InChI=1S/C14H14N6.C14H12N6.C7H6N2.CH4.O2/c2*15-11-5-1-9(2-6-11)13-17-19-14(20-18-13)10-3-7-12(16)8-4-10;8-5-6-1-3-7(9)4-2-6;;1-2/h1-8H,15-16H2,(H,17,18)(H,19,20);1-8H,15-16H2;1-4H,9H2;1H4;. The normalized spacial score (nSPS) is 10.8. The Kier molecular flexibility index (Phi) is 14.2. The Morgan fingerprint density at radius 3 is 0.923 bits per heavy atom. The molecular weight excluding hydrogens is 660 g/mol. The van der Waals surface area contributed by atoms with Crippen LogP contribution in [0.15, 0.2) is 132 Å². The summed E-state index contributed by atoms with van der Waals surface area (Å²) in [6, 6.07) is 38.0. The first-order valence-electron chi connectivity index (χ1n) is 14.9. The van der Waals surface area contributed by atoms with Gasteiger partial charge in [-0.2, -0.15) is 15.5 Å². The molecule has 0 unspecified atom stereocenters. The van der Waals surface area contributed by atoms with Crippen molar-refractivity contribution in [1.82, 2.24) is 31.2 Å². The fourth-order valence-corrected chi connectivity index (χ4v) is 4.09. The highest BCUT2D eigenvalue weighted by Crippen LogP contribution is 2.18. The third-order valence-corrected chi connectivity index (χ3v) is 6.77. The van der Waals surface area contributed by atoms with E-state index >= 15 is 0 Å². The van der Waals surface area contributed by atoms with E-state index in [9.17, 15) is 0 Å². The summed E-state index contributed by atoms with van der Waals surface area (Å²) < 4.78 is 0. The van der Waals surface area contributed by atoms with E-state index in [2.05, 4.69) is 41.4 Å². The maximum atomic E-state index is 8.34. The number of nitrogens with zero attached hydrogens (tertiary/aromatic N) is 7. The van der Waals surface area contributed by atoms with E-state index in [1.807, 2.05) is 78.9 Å². The van der Waals surface area contributed by atoms with Gasteiger partial charge in [0.05, 0.1) is 11.6 Å². The molecule has 52 heavy (non-hydrogen) atoms. The van der Waals surface area contributed by atoms with E-state index in [1.54, 1.807) is 48.5 Å². The number of rotatable bonds is 4. The Morgan fingerprint density at radius 2 is 0.673 bits per heavy atom. The molecule has 0 saturated carbocycles. The topological polar surface area (TPSA) is 288 Å². The number of nitrogen functional groups attached to an aromatic ring is 5. The molecule has 1 aliphatic rings. The minimum atomic E-state index is 0. The summed E-state index contributed by atoms with van der Waals surface area (Å²) >= 11 is 0. The molecule has 0 saturated heterocycles. The largest absolute Gasteiger partial charge is 0.399 e. The fraction of sp³-hybridized carbons (Fsp3) is 0.0278. The zero-order valence-electron chi connectivity index (χ0n) is 26.9. The van der Waals surface area contributed by atoms with Crippen molar-refractivity contribution in [3.8, 4) is 28.8 Å². The van der Waals surface area contributed by atoms with Crippen LogP contribution in [-0.2, 0) is 0 Å². The number of anilines is 5. The lowest BCUT2D eigenvalue weighted by molar-refractivity contribution is 0.876. The van der Waals surface area contributed by atoms with Crippen LogP contribution < -0.4 is 39.5 Å². The van der Waals surface area contributed by atoms with Crippen LogP contribution in [0.1, 0.15) is 24.1 Å². The fourth-order valence-electron chi connectivity index (χ4n) is 4.09. The van der Waals surface area contributed by atoms with Gasteiger partial charge in [0, 0.05) is 60.6 Å². The third kappa shape index (κ3) is 11.1. The first-order chi connectivity index (χ1) is 24.8. The molecule has 0 radical (unpaired) electrons. The Labute approximate surface area is 299 Å². The smallest absolute Gasteiger partial charge is 0.203 e. The summed E-state index contributed by atoms with van der Waals surface area (Å²) in [4.78, 5) is 14.0. The lowest BCUT2D eigenvalue weighted by Gasteiger charge is -2.15. The van der Waals surface area contributed by atoms with Crippen molar-refractivity contribution in [2.75, 3.05) is 28.7 Å². The highest BCUT2D eigenvalue weighted by Gasteiger charge is 2.11. The molecule has 7 rings (SSSR count). The average molecular weight is 697 g/mol. The summed E-state index contributed by atoms with van der Waals surface area (Å²) in [7, 11) is 0. The highest BCUT2D eigenvalue weighted by atomic mass is 16.7. The van der Waals surface area contributed by atoms with Gasteiger partial charge in [0.15, 0.2) is 11.7 Å². The molecule has 0 spiro atoms. The monoisotopic (exact) mass is 696 g/mol. The number of hydrogen-bond donors (Lipinski definition) is 7. The van der Waals surface area contributed by atoms with Crippen molar-refractivity contribution < 1.29 is 0 Å². The van der Waals surface area contributed by atoms with Crippen LogP contribution in [0, 0.1) is 21.3 Å². The molecule has 16 heteroatoms. The summed E-state index contributed by atoms with van der Waals surface area (Å²) in [5.41, 5.74) is 41.4. The van der Waals surface area contributed by atoms with Crippen LogP contribution in [0.2, 0.25) is 0 Å². The maximum Gasteiger partial charge on any atom is 0.203 e. The van der Waals surface area contributed by atoms with Gasteiger partial charge in [-0.1, -0.05) is 7.43 Å². The van der Waals surface area contributed by atoms with Gasteiger partial charge in [0.25, 0.3) is 0 Å². The summed E-state index contributed by atoms with van der Waals surface area (Å²) in [6.07, 6.45) is 0. The van der Waals surface area contributed by atoms with Crippen LogP contribution in [0.4, 0.5) is 28.4 Å². The van der Waals surface area contributed by atoms with Gasteiger partial charge in [0.2, 0.25) is 11.6 Å². The van der Waals surface area contributed by atoms with E-state index < -0.39 is 0 Å². The van der Waals surface area contributed by atoms with E-state index in [0.29, 0.717) is 57.3 Å². The van der Waals surface area contributed by atoms with E-state index in [0.717, 1.165) is 22.3 Å². The van der Waals surface area contributed by atoms with Crippen LogP contribution in [0.25, 0.3) is 22.8 Å². The zero-order valence-corrected chi connectivity index (χ0v) is 26.9. The summed E-state index contributed by atoms with van der Waals surface area (Å²) in [5, 5.41) is 33.2. The molecule has 16 nitrogen and oxygen atoms in total. The summed E-state index contributed by atoms with van der Waals surface area (Å²) in [6.45, 7) is 0. The molecule has 5 aromatic carbocycles. The number of amidine groups is 2. The molecule has 12 N–H and O–H groups in total. The van der Waals surface area contributed by atoms with Gasteiger partial charge in [-0.25, -0.2) is 0 Å². The van der Waals surface area contributed by atoms with Gasteiger partial charge in [-0.3, -0.25) is 10.9 Å². The van der Waals surface area contributed by atoms with Crippen molar-refractivity contribution in [2.45, 2.75) is 7.43 Å². The van der Waals surface area contributed by atoms with Gasteiger partial charge >= 0.3 is 0 Å². The number of benzene rings is 5.